The average Bonchev–Trinajstić information content (AvgIpc) is 1.91. The van der Waals surface area contributed by atoms with Crippen LogP contribution in [0.15, 0.2) is 10.3 Å². The molecule has 7 heavy (non-hydrogen) atoms. The largest absolute Gasteiger partial charge is 0.293 e. The van der Waals surface area contributed by atoms with E-state index in [-0.39, 0.29) is 11.7 Å². The van der Waals surface area contributed by atoms with Crippen molar-refractivity contribution in [3.8, 4) is 0 Å². The molecule has 0 bridgehead atoms. The van der Waals surface area contributed by atoms with Crippen molar-refractivity contribution >= 4 is 5.91 Å². The quantitative estimate of drug-likeness (QED) is 0.421. The van der Waals surface area contributed by atoms with Gasteiger partial charge in [-0.15, -0.1) is 0 Å². The molecule has 0 radical (unpaired) electrons. The van der Waals surface area contributed by atoms with Gasteiger partial charge in [-0.1, -0.05) is 5.17 Å². The molecule has 0 saturated heterocycles. The Balaban J connectivity index is 2.62. The van der Waals surface area contributed by atoms with Gasteiger partial charge in [0, 0.05) is 0 Å². The topological polar surface area (TPSA) is 65.3 Å². The first-order valence-corrected chi connectivity index (χ1v) is 1.70. The number of carbonyl (C=O) groups is 1. The van der Waals surface area contributed by atoms with Gasteiger partial charge in [-0.3, -0.25) is 10.0 Å². The van der Waals surface area contributed by atoms with E-state index < -0.39 is 5.91 Å². The summed E-state index contributed by atoms with van der Waals surface area (Å²) in [6.45, 7) is -0.0313. The van der Waals surface area contributed by atoms with Crippen LogP contribution in [0.2, 0.25) is 0 Å². The average molecular weight is 101 g/mol. The minimum atomic E-state index is -0.486. The maximum Gasteiger partial charge on any atom is 0.293 e. The van der Waals surface area contributed by atoms with Crippen LogP contribution >= 0.6 is 0 Å². The SMILES string of the molecule is O=C1CN=NN1O. The zero-order chi connectivity index (χ0) is 5.28. The van der Waals surface area contributed by atoms with Crippen molar-refractivity contribution in [2.75, 3.05) is 6.54 Å². The van der Waals surface area contributed by atoms with E-state index in [1.807, 2.05) is 0 Å². The molecule has 38 valence electrons. The lowest BCUT2D eigenvalue weighted by molar-refractivity contribution is -0.159. The van der Waals surface area contributed by atoms with E-state index in [1.165, 1.54) is 0 Å². The number of hydroxylamine groups is 1. The maximum absolute atomic E-state index is 10.1. The van der Waals surface area contributed by atoms with Gasteiger partial charge in [-0.2, -0.15) is 5.11 Å². The molecule has 1 amide bonds. The highest BCUT2D eigenvalue weighted by Crippen LogP contribution is 1.94. The summed E-state index contributed by atoms with van der Waals surface area (Å²) in [5.74, 6) is -0.486. The van der Waals surface area contributed by atoms with Crippen molar-refractivity contribution in [1.29, 1.82) is 0 Å². The summed E-state index contributed by atoms with van der Waals surface area (Å²) in [4.78, 5) is 10.1. The van der Waals surface area contributed by atoms with Crippen LogP contribution in [0.1, 0.15) is 0 Å². The van der Waals surface area contributed by atoms with Gasteiger partial charge < -0.3 is 0 Å². The zero-order valence-electron chi connectivity index (χ0n) is 3.40. The molecule has 1 N–H and O–H groups in total. The Labute approximate surface area is 39.2 Å². The van der Waals surface area contributed by atoms with Gasteiger partial charge in [-0.25, -0.2) is 0 Å². The van der Waals surface area contributed by atoms with E-state index >= 15 is 0 Å². The molecule has 0 fully saturated rings. The lowest BCUT2D eigenvalue weighted by Crippen LogP contribution is -2.17. The molecule has 5 heteroatoms. The Hall–Kier alpha value is -0.970. The molecule has 0 aliphatic carbocycles. The van der Waals surface area contributed by atoms with Gasteiger partial charge in [0.05, 0.1) is 0 Å². The van der Waals surface area contributed by atoms with Crippen LogP contribution in [0.4, 0.5) is 0 Å². The molecule has 0 aromatic rings. The van der Waals surface area contributed by atoms with Crippen LogP contribution in [-0.4, -0.2) is 22.8 Å². The molecule has 0 unspecified atom stereocenters. The summed E-state index contributed by atoms with van der Waals surface area (Å²) in [5.41, 5.74) is 0. The van der Waals surface area contributed by atoms with Crippen LogP contribution < -0.4 is 0 Å². The standard InChI is InChI=1S/C2H3N3O2/c6-2-1-3-4-5(2)7/h7H,1H2. The van der Waals surface area contributed by atoms with Gasteiger partial charge in [0.15, 0.2) is 0 Å². The summed E-state index contributed by atoms with van der Waals surface area (Å²) in [7, 11) is 0. The molecule has 0 atom stereocenters. The van der Waals surface area contributed by atoms with Gasteiger partial charge >= 0.3 is 0 Å². The highest BCUT2D eigenvalue weighted by Gasteiger charge is 2.13. The van der Waals surface area contributed by atoms with Gasteiger partial charge in [0.1, 0.15) is 6.54 Å². The van der Waals surface area contributed by atoms with E-state index in [1.54, 1.807) is 0 Å². The smallest absolute Gasteiger partial charge is 0.268 e. The van der Waals surface area contributed by atoms with Crippen LogP contribution in [0.25, 0.3) is 0 Å². The Kier molecular flexibility index (Phi) is 0.759. The van der Waals surface area contributed by atoms with Crippen molar-refractivity contribution in [3.63, 3.8) is 0 Å². The van der Waals surface area contributed by atoms with Crippen molar-refractivity contribution in [2.24, 2.45) is 10.3 Å². The van der Waals surface area contributed by atoms with Gasteiger partial charge in [0.2, 0.25) is 0 Å². The van der Waals surface area contributed by atoms with Crippen LogP contribution in [-0.2, 0) is 4.79 Å². The van der Waals surface area contributed by atoms with Crippen molar-refractivity contribution in [1.82, 2.24) is 5.17 Å². The van der Waals surface area contributed by atoms with E-state index in [9.17, 15) is 4.79 Å². The fourth-order valence-corrected chi connectivity index (χ4v) is 0.265. The molecule has 0 aromatic carbocycles. The number of amides is 1. The van der Waals surface area contributed by atoms with E-state index in [4.69, 9.17) is 5.21 Å². The highest BCUT2D eigenvalue weighted by atomic mass is 16.6. The lowest BCUT2D eigenvalue weighted by Gasteiger charge is -1.92. The number of hydrogen-bond donors (Lipinski definition) is 1. The maximum atomic E-state index is 10.1. The summed E-state index contributed by atoms with van der Waals surface area (Å²) < 4.78 is 0. The third-order valence-electron chi connectivity index (χ3n) is 0.577. The summed E-state index contributed by atoms with van der Waals surface area (Å²) in [5, 5.41) is 14.6. The third kappa shape index (κ3) is 0.566. The molecule has 1 rings (SSSR count). The zero-order valence-corrected chi connectivity index (χ0v) is 3.40. The van der Waals surface area contributed by atoms with Gasteiger partial charge in [-0.05, 0) is 5.22 Å². The summed E-state index contributed by atoms with van der Waals surface area (Å²) in [6, 6.07) is 0. The first kappa shape index (κ1) is 4.20. The van der Waals surface area contributed by atoms with E-state index in [2.05, 4.69) is 10.3 Å². The number of rotatable bonds is 0. The Bertz CT molecular complexity index is 120. The Morgan fingerprint density at radius 1 is 1.86 bits per heavy atom. The summed E-state index contributed by atoms with van der Waals surface area (Å²) >= 11 is 0. The number of nitrogens with zero attached hydrogens (tertiary/aromatic N) is 3. The molecule has 1 aliphatic heterocycles. The molecular weight excluding hydrogens is 98.0 g/mol. The third-order valence-corrected chi connectivity index (χ3v) is 0.577. The normalized spacial score (nSPS) is 19.0. The second-order valence-corrected chi connectivity index (χ2v) is 1.07. The molecule has 1 aliphatic rings. The second-order valence-electron chi connectivity index (χ2n) is 1.07. The second kappa shape index (κ2) is 1.27. The van der Waals surface area contributed by atoms with Crippen LogP contribution in [0, 0.1) is 0 Å². The number of hydrogen-bond acceptors (Lipinski definition) is 4. The first-order valence-electron chi connectivity index (χ1n) is 1.70. The minimum absolute atomic E-state index is 0.0313. The molecule has 0 spiro atoms. The first-order chi connectivity index (χ1) is 3.30. The molecule has 1 heterocycles. The van der Waals surface area contributed by atoms with Crippen molar-refractivity contribution in [2.45, 2.75) is 0 Å². The summed E-state index contributed by atoms with van der Waals surface area (Å²) in [6.07, 6.45) is 0. The molecule has 5 nitrogen and oxygen atoms in total. The van der Waals surface area contributed by atoms with E-state index in [0.717, 1.165) is 0 Å². The van der Waals surface area contributed by atoms with Crippen LogP contribution in [0.3, 0.4) is 0 Å². The fourth-order valence-electron chi connectivity index (χ4n) is 0.265. The Morgan fingerprint density at radius 2 is 2.57 bits per heavy atom. The monoisotopic (exact) mass is 101 g/mol. The lowest BCUT2D eigenvalue weighted by atomic mass is 10.7. The predicted octanol–water partition coefficient (Wildman–Crippen LogP) is -0.415. The van der Waals surface area contributed by atoms with Crippen molar-refractivity contribution < 1.29 is 10.0 Å². The van der Waals surface area contributed by atoms with Crippen LogP contribution in [0.5, 0.6) is 0 Å². The van der Waals surface area contributed by atoms with Crippen molar-refractivity contribution in [3.05, 3.63) is 0 Å². The van der Waals surface area contributed by atoms with Gasteiger partial charge in [0.25, 0.3) is 5.91 Å². The predicted molar refractivity (Wildman–Crippen MR) is 18.4 cm³/mol. The molecular formula is C2H3N3O2. The molecule has 0 aromatic heterocycles. The minimum Gasteiger partial charge on any atom is -0.268 e. The number of carbonyl (C=O) groups excluding carboxylic acids is 1. The molecule has 0 saturated carbocycles. The highest BCUT2D eigenvalue weighted by molar-refractivity contribution is 5.77. The fraction of sp³-hybridized carbons (Fsp3) is 0.500. The van der Waals surface area contributed by atoms with E-state index in [0.29, 0.717) is 0 Å². The Morgan fingerprint density at radius 3 is 2.71 bits per heavy atom.